The van der Waals surface area contributed by atoms with Gasteiger partial charge in [-0.05, 0) is 31.5 Å². The fourth-order valence-electron chi connectivity index (χ4n) is 3.08. The molecule has 0 radical (unpaired) electrons. The van der Waals surface area contributed by atoms with Gasteiger partial charge >= 0.3 is 0 Å². The maximum atomic E-state index is 13.5. The van der Waals surface area contributed by atoms with E-state index in [0.29, 0.717) is 6.42 Å². The van der Waals surface area contributed by atoms with Crippen LogP contribution in [0.5, 0.6) is 0 Å². The molecule has 1 aliphatic carbocycles. The van der Waals surface area contributed by atoms with Gasteiger partial charge in [-0.15, -0.1) is 23.2 Å². The van der Waals surface area contributed by atoms with Gasteiger partial charge in [0.15, 0.2) is 0 Å². The first kappa shape index (κ1) is 19.4. The highest BCUT2D eigenvalue weighted by atomic mass is 35.5. The Labute approximate surface area is 150 Å². The van der Waals surface area contributed by atoms with Gasteiger partial charge in [0.2, 0.25) is 5.91 Å². The molecular formula is C17H21Cl2F2NO2. The highest BCUT2D eigenvalue weighted by Gasteiger charge is 2.76. The Bertz CT molecular complexity index is 627. The van der Waals surface area contributed by atoms with E-state index in [9.17, 15) is 13.6 Å². The summed E-state index contributed by atoms with van der Waals surface area (Å²) >= 11 is 12.4. The van der Waals surface area contributed by atoms with Crippen LogP contribution in [-0.2, 0) is 16.1 Å². The Kier molecular flexibility index (Phi) is 5.78. The van der Waals surface area contributed by atoms with Gasteiger partial charge in [-0.1, -0.05) is 13.8 Å². The summed E-state index contributed by atoms with van der Waals surface area (Å²) in [6, 6.07) is 2.88. The van der Waals surface area contributed by atoms with Gasteiger partial charge in [-0.25, -0.2) is 8.78 Å². The molecule has 1 aromatic carbocycles. The van der Waals surface area contributed by atoms with Crippen molar-refractivity contribution >= 4 is 29.1 Å². The first-order valence-corrected chi connectivity index (χ1v) is 8.62. The van der Waals surface area contributed by atoms with Crippen LogP contribution in [0.25, 0.3) is 0 Å². The summed E-state index contributed by atoms with van der Waals surface area (Å²) in [5.74, 6) is -1.40. The van der Waals surface area contributed by atoms with Crippen molar-refractivity contribution < 1.29 is 18.3 Å². The molecule has 1 amide bonds. The number of amides is 1. The number of hydrogen-bond donors (Lipinski definition) is 1. The minimum Gasteiger partial charge on any atom is -0.375 e. The van der Waals surface area contributed by atoms with Crippen molar-refractivity contribution in [2.24, 2.45) is 11.3 Å². The molecule has 7 heteroatoms. The van der Waals surface area contributed by atoms with E-state index in [-0.39, 0.29) is 36.6 Å². The summed E-state index contributed by atoms with van der Waals surface area (Å²) in [6.07, 6.45) is 0.537. The van der Waals surface area contributed by atoms with Gasteiger partial charge in [0.1, 0.15) is 16.0 Å². The van der Waals surface area contributed by atoms with Gasteiger partial charge in [0.25, 0.3) is 0 Å². The lowest BCUT2D eigenvalue weighted by atomic mass is 9.99. The van der Waals surface area contributed by atoms with E-state index in [1.54, 1.807) is 6.92 Å². The number of carbonyl (C=O) groups is 1. The number of ether oxygens (including phenoxy) is 1. The van der Waals surface area contributed by atoms with Crippen molar-refractivity contribution in [3.63, 3.8) is 0 Å². The van der Waals surface area contributed by atoms with E-state index < -0.39 is 21.4 Å². The first-order chi connectivity index (χ1) is 11.2. The van der Waals surface area contributed by atoms with E-state index in [1.807, 2.05) is 13.8 Å². The molecule has 0 aliphatic heterocycles. The lowest BCUT2D eigenvalue weighted by Crippen LogP contribution is -2.42. The molecule has 1 fully saturated rings. The van der Waals surface area contributed by atoms with Crippen LogP contribution in [0, 0.1) is 23.0 Å². The molecule has 0 heterocycles. The smallest absolute Gasteiger partial charge is 0.229 e. The molecular weight excluding hydrogens is 359 g/mol. The molecule has 1 saturated carbocycles. The maximum absolute atomic E-state index is 13.5. The number of carbonyl (C=O) groups excluding carboxylic acids is 1. The van der Waals surface area contributed by atoms with Gasteiger partial charge in [0.05, 0.1) is 18.6 Å². The number of rotatable bonds is 7. The lowest BCUT2D eigenvalue weighted by Gasteiger charge is -2.20. The topological polar surface area (TPSA) is 38.3 Å². The second-order valence-corrected chi connectivity index (χ2v) is 7.68. The van der Waals surface area contributed by atoms with E-state index in [2.05, 4.69) is 5.32 Å². The normalized spacial score (nSPS) is 26.0. The van der Waals surface area contributed by atoms with E-state index in [1.165, 1.54) is 0 Å². The van der Waals surface area contributed by atoms with Gasteiger partial charge in [-0.3, -0.25) is 4.79 Å². The fourth-order valence-corrected chi connectivity index (χ4v) is 4.11. The van der Waals surface area contributed by atoms with E-state index in [4.69, 9.17) is 27.9 Å². The molecule has 1 N–H and O–H groups in total. The Hall–Kier alpha value is -0.910. The van der Waals surface area contributed by atoms with Crippen molar-refractivity contribution in [2.45, 2.75) is 44.2 Å². The molecule has 3 atom stereocenters. The minimum absolute atomic E-state index is 0.0753. The summed E-state index contributed by atoms with van der Waals surface area (Å²) in [7, 11) is 0. The zero-order valence-electron chi connectivity index (χ0n) is 13.8. The average Bonchev–Trinajstić information content (AvgIpc) is 2.96. The van der Waals surface area contributed by atoms with Crippen molar-refractivity contribution in [1.29, 1.82) is 0 Å². The van der Waals surface area contributed by atoms with E-state index >= 15 is 0 Å². The van der Waals surface area contributed by atoms with Crippen LogP contribution in [0.2, 0.25) is 0 Å². The Morgan fingerprint density at radius 1 is 1.42 bits per heavy atom. The van der Waals surface area contributed by atoms with E-state index in [0.717, 1.165) is 18.2 Å². The zero-order valence-corrected chi connectivity index (χ0v) is 15.3. The molecule has 0 saturated heterocycles. The highest BCUT2D eigenvalue weighted by Crippen LogP contribution is 2.70. The Morgan fingerprint density at radius 3 is 2.58 bits per heavy atom. The molecule has 3 nitrogen and oxygen atoms in total. The molecule has 0 aromatic heterocycles. The number of alkyl halides is 2. The van der Waals surface area contributed by atoms with Crippen molar-refractivity contribution in [3.8, 4) is 0 Å². The largest absolute Gasteiger partial charge is 0.375 e. The Balaban J connectivity index is 1.85. The maximum Gasteiger partial charge on any atom is 0.229 e. The zero-order chi connectivity index (χ0) is 18.1. The van der Waals surface area contributed by atoms with Crippen LogP contribution in [0.4, 0.5) is 8.78 Å². The fraction of sp³-hybridized carbons (Fsp3) is 0.588. The minimum atomic E-state index is -1.06. The summed E-state index contributed by atoms with van der Waals surface area (Å²) in [5.41, 5.74) is -0.658. The third-order valence-electron chi connectivity index (χ3n) is 4.77. The second-order valence-electron chi connectivity index (χ2n) is 6.29. The van der Waals surface area contributed by atoms with Crippen LogP contribution < -0.4 is 5.32 Å². The average molecular weight is 380 g/mol. The number of hydrogen-bond acceptors (Lipinski definition) is 2. The van der Waals surface area contributed by atoms with Gasteiger partial charge < -0.3 is 10.1 Å². The van der Waals surface area contributed by atoms with Crippen molar-refractivity contribution in [3.05, 3.63) is 35.4 Å². The van der Waals surface area contributed by atoms with Gasteiger partial charge in [0, 0.05) is 17.5 Å². The number of benzene rings is 1. The molecule has 0 unspecified atom stereocenters. The lowest BCUT2D eigenvalue weighted by molar-refractivity contribution is -0.128. The van der Waals surface area contributed by atoms with Crippen LogP contribution in [0.3, 0.4) is 0 Å². The van der Waals surface area contributed by atoms with Crippen LogP contribution in [0.15, 0.2) is 18.2 Å². The monoisotopic (exact) mass is 379 g/mol. The predicted octanol–water partition coefficient (Wildman–Crippen LogP) is 4.21. The Morgan fingerprint density at radius 2 is 2.04 bits per heavy atom. The standard InChI is InChI=1S/C17H21Cl2F2NO2/c1-4-16(11(3)17(16,18)19)15(23)22-10(2)8-24-9-12-7-13(20)5-6-14(12)21/h5-7,10-11H,4,8-9H2,1-3H3,(H,22,23)/t10-,11-,16-/m0/s1. The third-order valence-corrected chi connectivity index (χ3v) is 6.10. The third kappa shape index (κ3) is 3.39. The molecule has 1 aromatic rings. The number of nitrogens with one attached hydrogen (secondary N) is 1. The molecule has 0 bridgehead atoms. The van der Waals surface area contributed by atoms with Crippen LogP contribution in [0.1, 0.15) is 32.8 Å². The highest BCUT2D eigenvalue weighted by molar-refractivity contribution is 6.53. The molecule has 0 spiro atoms. The molecule has 134 valence electrons. The summed E-state index contributed by atoms with van der Waals surface area (Å²) < 4.78 is 30.9. The van der Waals surface area contributed by atoms with Gasteiger partial charge in [-0.2, -0.15) is 0 Å². The summed E-state index contributed by atoms with van der Waals surface area (Å²) in [6.45, 7) is 5.56. The van der Waals surface area contributed by atoms with Crippen molar-refractivity contribution in [2.75, 3.05) is 6.61 Å². The quantitative estimate of drug-likeness (QED) is 0.720. The molecule has 1 aliphatic rings. The SMILES string of the molecule is CC[C@@]1(C(=O)N[C@@H](C)COCc2cc(F)ccc2F)[C@H](C)C1(Cl)Cl. The summed E-state index contributed by atoms with van der Waals surface area (Å²) in [5, 5.41) is 2.83. The molecule has 2 rings (SSSR count). The first-order valence-electron chi connectivity index (χ1n) is 7.87. The number of halogens is 4. The molecule has 24 heavy (non-hydrogen) atoms. The van der Waals surface area contributed by atoms with Crippen molar-refractivity contribution in [1.82, 2.24) is 5.32 Å². The second kappa shape index (κ2) is 7.14. The predicted molar refractivity (Wildman–Crippen MR) is 89.9 cm³/mol. The van der Waals surface area contributed by atoms with Crippen LogP contribution >= 0.6 is 23.2 Å². The van der Waals surface area contributed by atoms with Crippen LogP contribution in [-0.4, -0.2) is 22.9 Å². The summed E-state index contributed by atoms with van der Waals surface area (Å²) in [4.78, 5) is 12.5.